The van der Waals surface area contributed by atoms with Gasteiger partial charge >= 0.3 is 0 Å². The summed E-state index contributed by atoms with van der Waals surface area (Å²) in [7, 11) is -4.17. The summed E-state index contributed by atoms with van der Waals surface area (Å²) >= 11 is 5.82. The molecule has 2 N–H and O–H groups in total. The normalized spacial score (nSPS) is 11.7. The lowest BCUT2D eigenvalue weighted by Gasteiger charge is -2.12. The van der Waals surface area contributed by atoms with Gasteiger partial charge in [0, 0.05) is 40.8 Å². The van der Waals surface area contributed by atoms with Gasteiger partial charge in [-0.15, -0.1) is 0 Å². The van der Waals surface area contributed by atoms with Crippen LogP contribution in [0.3, 0.4) is 0 Å². The highest BCUT2D eigenvalue weighted by Crippen LogP contribution is 2.28. The molecule has 0 atom stereocenters. The number of nitro benzene ring substituents is 1. The van der Waals surface area contributed by atoms with Gasteiger partial charge in [0.1, 0.15) is 4.90 Å². The summed E-state index contributed by atoms with van der Waals surface area (Å²) in [5.41, 5.74) is 3.92. The van der Waals surface area contributed by atoms with E-state index in [0.29, 0.717) is 10.7 Å². The number of hydrazone groups is 1. The highest BCUT2D eigenvalue weighted by molar-refractivity contribution is 7.92. The molecule has 0 radical (unpaired) electrons. The smallest absolute Gasteiger partial charge is 0.270 e. The second-order valence-electron chi connectivity index (χ2n) is 6.10. The zero-order chi connectivity index (χ0) is 21.7. The summed E-state index contributed by atoms with van der Waals surface area (Å²) in [5, 5.41) is 15.8. The maximum absolute atomic E-state index is 12.9. The molecule has 0 aliphatic carbocycles. The van der Waals surface area contributed by atoms with Crippen LogP contribution in [-0.2, 0) is 10.0 Å². The minimum atomic E-state index is -4.17. The number of anilines is 2. The maximum atomic E-state index is 12.9. The molecule has 0 saturated carbocycles. The molecule has 3 aromatic rings. The Hall–Kier alpha value is -3.50. The van der Waals surface area contributed by atoms with Crippen LogP contribution in [0.2, 0.25) is 5.02 Å². The molecule has 0 amide bonds. The second-order valence-corrected chi connectivity index (χ2v) is 8.19. The number of non-ortho nitro benzene ring substituents is 1. The Bertz CT molecular complexity index is 1200. The fraction of sp³-hybridized carbons (Fsp3) is 0.0526. The molecule has 1 heterocycles. The van der Waals surface area contributed by atoms with Crippen molar-refractivity contribution in [3.63, 3.8) is 0 Å². The van der Waals surface area contributed by atoms with Gasteiger partial charge in [-0.3, -0.25) is 25.2 Å². The van der Waals surface area contributed by atoms with Crippen LogP contribution in [0.4, 0.5) is 17.1 Å². The van der Waals surface area contributed by atoms with E-state index in [4.69, 9.17) is 11.6 Å². The van der Waals surface area contributed by atoms with E-state index >= 15 is 0 Å². The number of nitrogens with one attached hydrogen (secondary N) is 2. The fourth-order valence-corrected chi connectivity index (χ4v) is 3.81. The van der Waals surface area contributed by atoms with Crippen LogP contribution in [0.5, 0.6) is 0 Å². The first kappa shape index (κ1) is 21.2. The Morgan fingerprint density at radius 3 is 2.53 bits per heavy atom. The van der Waals surface area contributed by atoms with Crippen molar-refractivity contribution in [1.29, 1.82) is 0 Å². The number of hydrogen-bond acceptors (Lipinski definition) is 7. The second kappa shape index (κ2) is 8.89. The standard InChI is InChI=1S/C19H16ClN5O4S/c1-13(14-3-2-10-21-12-14)22-23-18-9-8-17(25(26)27)11-19(18)30(28,29)24-16-6-4-15(20)5-7-16/h2-12,23-24H,1H3. The molecule has 0 spiro atoms. The molecule has 154 valence electrons. The number of nitrogens with zero attached hydrogens (tertiary/aromatic N) is 3. The summed E-state index contributed by atoms with van der Waals surface area (Å²) < 4.78 is 28.2. The van der Waals surface area contributed by atoms with Crippen molar-refractivity contribution in [2.24, 2.45) is 5.10 Å². The first-order valence-electron chi connectivity index (χ1n) is 8.54. The van der Waals surface area contributed by atoms with Gasteiger partial charge in [0.25, 0.3) is 15.7 Å². The third-order valence-electron chi connectivity index (χ3n) is 3.99. The van der Waals surface area contributed by atoms with Gasteiger partial charge in [-0.2, -0.15) is 5.10 Å². The predicted octanol–water partition coefficient (Wildman–Crippen LogP) is 4.28. The van der Waals surface area contributed by atoms with E-state index in [2.05, 4.69) is 20.2 Å². The Kier molecular flexibility index (Phi) is 6.28. The number of hydrogen-bond donors (Lipinski definition) is 2. The number of pyridine rings is 1. The van der Waals surface area contributed by atoms with E-state index in [1.165, 1.54) is 36.4 Å². The summed E-state index contributed by atoms with van der Waals surface area (Å²) in [6, 6.07) is 13.0. The summed E-state index contributed by atoms with van der Waals surface area (Å²) in [6.07, 6.45) is 3.23. The van der Waals surface area contributed by atoms with Crippen LogP contribution < -0.4 is 10.1 Å². The zero-order valence-electron chi connectivity index (χ0n) is 15.6. The van der Waals surface area contributed by atoms with Crippen LogP contribution in [0.15, 0.2) is 77.0 Å². The summed E-state index contributed by atoms with van der Waals surface area (Å²) in [5.74, 6) is 0. The van der Waals surface area contributed by atoms with Gasteiger partial charge in [0.05, 0.1) is 16.3 Å². The zero-order valence-corrected chi connectivity index (χ0v) is 17.2. The number of benzene rings is 2. The molecule has 0 aliphatic heterocycles. The molecule has 2 aromatic carbocycles. The van der Waals surface area contributed by atoms with E-state index in [0.717, 1.165) is 11.6 Å². The Morgan fingerprint density at radius 2 is 1.90 bits per heavy atom. The van der Waals surface area contributed by atoms with E-state index in [-0.39, 0.29) is 22.0 Å². The molecule has 11 heteroatoms. The molecule has 0 aliphatic rings. The van der Waals surface area contributed by atoms with Crippen molar-refractivity contribution in [3.05, 3.63) is 87.7 Å². The highest BCUT2D eigenvalue weighted by Gasteiger charge is 2.23. The van der Waals surface area contributed by atoms with Crippen LogP contribution in [0.25, 0.3) is 0 Å². The summed E-state index contributed by atoms with van der Waals surface area (Å²) in [6.45, 7) is 1.72. The van der Waals surface area contributed by atoms with Crippen LogP contribution in [-0.4, -0.2) is 24.0 Å². The third-order valence-corrected chi connectivity index (χ3v) is 5.66. The van der Waals surface area contributed by atoms with Gasteiger partial charge in [-0.05, 0) is 43.3 Å². The molecule has 1 aromatic heterocycles. The monoisotopic (exact) mass is 445 g/mol. The highest BCUT2D eigenvalue weighted by atomic mass is 35.5. The number of nitro groups is 1. The number of sulfonamides is 1. The molecule has 9 nitrogen and oxygen atoms in total. The van der Waals surface area contributed by atoms with Crippen LogP contribution in [0.1, 0.15) is 12.5 Å². The molecular weight excluding hydrogens is 430 g/mol. The lowest BCUT2D eigenvalue weighted by atomic mass is 10.2. The van der Waals surface area contributed by atoms with Gasteiger partial charge in [-0.25, -0.2) is 8.42 Å². The molecule has 0 bridgehead atoms. The van der Waals surface area contributed by atoms with E-state index < -0.39 is 14.9 Å². The first-order valence-corrected chi connectivity index (χ1v) is 10.4. The molecular formula is C19H16ClN5O4S. The van der Waals surface area contributed by atoms with Crippen LogP contribution >= 0.6 is 11.6 Å². The quantitative estimate of drug-likeness (QED) is 0.317. The Balaban J connectivity index is 1.97. The average molecular weight is 446 g/mol. The van der Waals surface area contributed by atoms with E-state index in [1.54, 1.807) is 31.5 Å². The molecule has 0 fully saturated rings. The lowest BCUT2D eigenvalue weighted by molar-refractivity contribution is -0.385. The summed E-state index contributed by atoms with van der Waals surface area (Å²) in [4.78, 5) is 14.2. The number of rotatable bonds is 7. The molecule has 0 unspecified atom stereocenters. The first-order chi connectivity index (χ1) is 14.3. The van der Waals surface area contributed by atoms with Gasteiger partial charge in [0.15, 0.2) is 0 Å². The van der Waals surface area contributed by atoms with Gasteiger partial charge < -0.3 is 0 Å². The predicted molar refractivity (Wildman–Crippen MR) is 115 cm³/mol. The number of aromatic nitrogens is 1. The van der Waals surface area contributed by atoms with Crippen molar-refractivity contribution >= 4 is 44.4 Å². The fourth-order valence-electron chi connectivity index (χ4n) is 2.45. The van der Waals surface area contributed by atoms with Crippen LogP contribution in [0, 0.1) is 10.1 Å². The average Bonchev–Trinajstić information content (AvgIpc) is 2.74. The SMILES string of the molecule is CC(=NNc1ccc([N+](=O)[O-])cc1S(=O)(=O)Nc1ccc(Cl)cc1)c1cccnc1. The van der Waals surface area contributed by atoms with Crippen molar-refractivity contribution < 1.29 is 13.3 Å². The Labute approximate surface area is 177 Å². The molecule has 3 rings (SSSR count). The van der Waals surface area contributed by atoms with Crippen molar-refractivity contribution in [2.75, 3.05) is 10.1 Å². The third kappa shape index (κ3) is 5.10. The van der Waals surface area contributed by atoms with Crippen molar-refractivity contribution in [2.45, 2.75) is 11.8 Å². The lowest BCUT2D eigenvalue weighted by Crippen LogP contribution is -2.15. The largest absolute Gasteiger partial charge is 0.280 e. The Morgan fingerprint density at radius 1 is 1.17 bits per heavy atom. The topological polar surface area (TPSA) is 127 Å². The van der Waals surface area contributed by atoms with E-state index in [9.17, 15) is 18.5 Å². The number of halogens is 1. The van der Waals surface area contributed by atoms with Crippen molar-refractivity contribution in [3.8, 4) is 0 Å². The minimum absolute atomic E-state index is 0.0744. The van der Waals surface area contributed by atoms with E-state index in [1.807, 2.05) is 0 Å². The minimum Gasteiger partial charge on any atom is -0.280 e. The van der Waals surface area contributed by atoms with Gasteiger partial charge in [0.2, 0.25) is 0 Å². The maximum Gasteiger partial charge on any atom is 0.270 e. The van der Waals surface area contributed by atoms with Crippen molar-refractivity contribution in [1.82, 2.24) is 4.98 Å². The van der Waals surface area contributed by atoms with Gasteiger partial charge in [-0.1, -0.05) is 17.7 Å². The molecule has 30 heavy (non-hydrogen) atoms. The molecule has 0 saturated heterocycles.